The molecule has 1 saturated carbocycles. The maximum absolute atomic E-state index is 12.1. The van der Waals surface area contributed by atoms with Crippen molar-refractivity contribution in [2.45, 2.75) is 44.9 Å². The van der Waals surface area contributed by atoms with Crippen LogP contribution in [0.4, 0.5) is 0 Å². The average Bonchev–Trinajstić information content (AvgIpc) is 2.39. The minimum absolute atomic E-state index is 0.00861. The number of rotatable bonds is 1. The zero-order valence-corrected chi connectivity index (χ0v) is 10.6. The number of fused-ring (bicyclic) bond motifs is 1. The quantitative estimate of drug-likeness (QED) is 0.837. The van der Waals surface area contributed by atoms with Crippen LogP contribution in [-0.4, -0.2) is 15.0 Å². The molecule has 0 aromatic carbocycles. The molecule has 1 fully saturated rings. The first-order chi connectivity index (χ1) is 8.74. The van der Waals surface area contributed by atoms with Crippen molar-refractivity contribution in [1.82, 2.24) is 15.0 Å². The van der Waals surface area contributed by atoms with Crippen LogP contribution in [0.1, 0.15) is 49.3 Å². The van der Waals surface area contributed by atoms with E-state index in [1.54, 1.807) is 6.20 Å². The lowest BCUT2D eigenvalue weighted by molar-refractivity contribution is 0.441. The van der Waals surface area contributed by atoms with Gasteiger partial charge in [0.05, 0.1) is 5.69 Å². The number of aryl methyl sites for hydroxylation is 1. The molecule has 2 aromatic heterocycles. The summed E-state index contributed by atoms with van der Waals surface area (Å²) in [7, 11) is 0. The monoisotopic (exact) mass is 243 g/mol. The number of pyridine rings is 1. The molecule has 0 aliphatic heterocycles. The lowest BCUT2D eigenvalue weighted by Crippen LogP contribution is -2.18. The topological polar surface area (TPSA) is 58.6 Å². The predicted molar refractivity (Wildman–Crippen MR) is 70.7 cm³/mol. The molecule has 0 amide bonds. The molecule has 4 heteroatoms. The van der Waals surface area contributed by atoms with Crippen molar-refractivity contribution in [2.75, 3.05) is 0 Å². The van der Waals surface area contributed by atoms with Crippen LogP contribution in [0, 0.1) is 6.92 Å². The fraction of sp³-hybridized carbons (Fsp3) is 0.500. The number of nitrogens with one attached hydrogen (secondary N) is 1. The van der Waals surface area contributed by atoms with Gasteiger partial charge in [0, 0.05) is 11.8 Å². The first-order valence-electron chi connectivity index (χ1n) is 6.60. The third-order valence-corrected chi connectivity index (χ3v) is 3.75. The summed E-state index contributed by atoms with van der Waals surface area (Å²) in [5.74, 6) is 0.398. The van der Waals surface area contributed by atoms with Crippen molar-refractivity contribution in [3.63, 3.8) is 0 Å². The molecule has 0 unspecified atom stereocenters. The summed E-state index contributed by atoms with van der Waals surface area (Å²) in [5.41, 5.74) is 3.11. The molecular weight excluding hydrogens is 226 g/mol. The van der Waals surface area contributed by atoms with Crippen molar-refractivity contribution in [2.24, 2.45) is 0 Å². The first kappa shape index (κ1) is 11.4. The Morgan fingerprint density at radius 3 is 2.83 bits per heavy atom. The van der Waals surface area contributed by atoms with Gasteiger partial charge in [-0.1, -0.05) is 19.3 Å². The smallest absolute Gasteiger partial charge is 0.253 e. The molecule has 0 spiro atoms. The zero-order chi connectivity index (χ0) is 12.5. The van der Waals surface area contributed by atoms with Gasteiger partial charge < -0.3 is 4.98 Å². The number of aromatic amines is 1. The summed E-state index contributed by atoms with van der Waals surface area (Å²) in [6, 6.07) is 1.93. The minimum Gasteiger partial charge on any atom is -0.305 e. The van der Waals surface area contributed by atoms with Gasteiger partial charge in [0.25, 0.3) is 5.56 Å². The van der Waals surface area contributed by atoms with Crippen LogP contribution in [0.15, 0.2) is 17.1 Å². The fourth-order valence-electron chi connectivity index (χ4n) is 2.79. The van der Waals surface area contributed by atoms with E-state index in [2.05, 4.69) is 15.0 Å². The molecule has 4 nitrogen and oxygen atoms in total. The summed E-state index contributed by atoms with van der Waals surface area (Å²) in [6.07, 6.45) is 7.72. The van der Waals surface area contributed by atoms with Gasteiger partial charge in [-0.2, -0.15) is 0 Å². The largest absolute Gasteiger partial charge is 0.305 e. The highest BCUT2D eigenvalue weighted by Crippen LogP contribution is 2.31. The predicted octanol–water partition coefficient (Wildman–Crippen LogP) is 2.67. The van der Waals surface area contributed by atoms with Crippen LogP contribution in [-0.2, 0) is 0 Å². The Morgan fingerprint density at radius 2 is 2.06 bits per heavy atom. The maximum Gasteiger partial charge on any atom is 0.253 e. The van der Waals surface area contributed by atoms with Gasteiger partial charge in [-0.25, -0.2) is 4.98 Å². The van der Waals surface area contributed by atoms with E-state index in [1.807, 2.05) is 13.0 Å². The Bertz CT molecular complexity index is 626. The molecule has 1 N–H and O–H groups in total. The summed E-state index contributed by atoms with van der Waals surface area (Å²) in [6.45, 7) is 1.87. The SMILES string of the molecule is Cc1cnc2cc(C3CCCCC3)c(=O)[nH]c2n1. The number of H-pyrrole nitrogens is 1. The van der Waals surface area contributed by atoms with Gasteiger partial charge in [0.2, 0.25) is 0 Å². The molecular formula is C14H17N3O. The number of aromatic nitrogens is 3. The normalized spacial score (nSPS) is 17.2. The summed E-state index contributed by atoms with van der Waals surface area (Å²) in [5, 5.41) is 0. The van der Waals surface area contributed by atoms with Crippen LogP contribution in [0.25, 0.3) is 11.2 Å². The number of hydrogen-bond donors (Lipinski definition) is 1. The molecule has 0 atom stereocenters. The van der Waals surface area contributed by atoms with Crippen molar-refractivity contribution < 1.29 is 0 Å². The molecule has 0 radical (unpaired) electrons. The van der Waals surface area contributed by atoms with Crippen LogP contribution in [0.2, 0.25) is 0 Å². The van der Waals surface area contributed by atoms with Gasteiger partial charge in [-0.05, 0) is 31.7 Å². The lowest BCUT2D eigenvalue weighted by atomic mass is 9.84. The van der Waals surface area contributed by atoms with Crippen LogP contribution >= 0.6 is 0 Å². The Morgan fingerprint density at radius 1 is 1.28 bits per heavy atom. The van der Waals surface area contributed by atoms with Crippen molar-refractivity contribution in [3.05, 3.63) is 33.9 Å². The number of nitrogens with zero attached hydrogens (tertiary/aromatic N) is 2. The second-order valence-electron chi connectivity index (χ2n) is 5.13. The molecule has 1 aliphatic rings. The van der Waals surface area contributed by atoms with E-state index < -0.39 is 0 Å². The third kappa shape index (κ3) is 2.03. The summed E-state index contributed by atoms with van der Waals surface area (Å²) >= 11 is 0. The standard InChI is InChI=1S/C14H17N3O/c1-9-8-15-12-7-11(10-5-3-2-4-6-10)14(18)17-13(12)16-9/h7-8,10H,2-6H2,1H3,(H,16,17,18). The Balaban J connectivity index is 2.09. The zero-order valence-electron chi connectivity index (χ0n) is 10.6. The third-order valence-electron chi connectivity index (χ3n) is 3.75. The molecule has 2 aromatic rings. The lowest BCUT2D eigenvalue weighted by Gasteiger charge is -2.21. The first-order valence-corrected chi connectivity index (χ1v) is 6.60. The van der Waals surface area contributed by atoms with Gasteiger partial charge in [0.1, 0.15) is 5.52 Å². The van der Waals surface area contributed by atoms with Crippen molar-refractivity contribution in [3.8, 4) is 0 Å². The van der Waals surface area contributed by atoms with E-state index in [-0.39, 0.29) is 5.56 Å². The minimum atomic E-state index is 0.00861. The van der Waals surface area contributed by atoms with Gasteiger partial charge in [0.15, 0.2) is 5.65 Å². The summed E-state index contributed by atoms with van der Waals surface area (Å²) < 4.78 is 0. The molecule has 1 aliphatic carbocycles. The molecule has 0 bridgehead atoms. The fourth-order valence-corrected chi connectivity index (χ4v) is 2.79. The van der Waals surface area contributed by atoms with Crippen molar-refractivity contribution in [1.29, 1.82) is 0 Å². The molecule has 0 saturated heterocycles. The van der Waals surface area contributed by atoms with Gasteiger partial charge in [-0.3, -0.25) is 9.78 Å². The van der Waals surface area contributed by atoms with Crippen LogP contribution in [0.5, 0.6) is 0 Å². The Kier molecular flexibility index (Phi) is 2.86. The highest BCUT2D eigenvalue weighted by molar-refractivity contribution is 5.70. The second kappa shape index (κ2) is 4.52. The highest BCUT2D eigenvalue weighted by Gasteiger charge is 2.19. The van der Waals surface area contributed by atoms with E-state index in [0.29, 0.717) is 11.6 Å². The maximum atomic E-state index is 12.1. The van der Waals surface area contributed by atoms with Gasteiger partial charge >= 0.3 is 0 Å². The van der Waals surface area contributed by atoms with E-state index in [1.165, 1.54) is 19.3 Å². The molecule has 94 valence electrons. The van der Waals surface area contributed by atoms with E-state index in [4.69, 9.17) is 0 Å². The number of hydrogen-bond acceptors (Lipinski definition) is 3. The highest BCUT2D eigenvalue weighted by atomic mass is 16.1. The second-order valence-corrected chi connectivity index (χ2v) is 5.13. The van der Waals surface area contributed by atoms with E-state index in [9.17, 15) is 4.79 Å². The van der Waals surface area contributed by atoms with Crippen LogP contribution < -0.4 is 5.56 Å². The Hall–Kier alpha value is -1.71. The van der Waals surface area contributed by atoms with Crippen LogP contribution in [0.3, 0.4) is 0 Å². The average molecular weight is 243 g/mol. The molecule has 2 heterocycles. The van der Waals surface area contributed by atoms with E-state index in [0.717, 1.165) is 29.6 Å². The van der Waals surface area contributed by atoms with Crippen molar-refractivity contribution >= 4 is 11.2 Å². The molecule has 18 heavy (non-hydrogen) atoms. The summed E-state index contributed by atoms with van der Waals surface area (Å²) in [4.78, 5) is 23.6. The van der Waals surface area contributed by atoms with Gasteiger partial charge in [-0.15, -0.1) is 0 Å². The molecule has 3 rings (SSSR count). The van der Waals surface area contributed by atoms with E-state index >= 15 is 0 Å². The Labute approximate surface area is 105 Å².